The second kappa shape index (κ2) is 7.97. The topological polar surface area (TPSA) is 107 Å². The molecule has 0 bridgehead atoms. The number of anilines is 1. The van der Waals surface area contributed by atoms with Gasteiger partial charge in [-0.25, -0.2) is 19.2 Å². The first-order valence-electron chi connectivity index (χ1n) is 9.48. The van der Waals surface area contributed by atoms with Crippen molar-refractivity contribution in [3.8, 4) is 0 Å². The number of rotatable bonds is 5. The molecule has 0 saturated heterocycles. The van der Waals surface area contributed by atoms with Gasteiger partial charge in [-0.15, -0.1) is 0 Å². The van der Waals surface area contributed by atoms with E-state index in [1.165, 1.54) is 6.07 Å². The van der Waals surface area contributed by atoms with Crippen LogP contribution in [0.4, 0.5) is 10.3 Å². The van der Waals surface area contributed by atoms with Crippen LogP contribution in [0, 0.1) is 5.82 Å². The van der Waals surface area contributed by atoms with Crippen LogP contribution in [0.15, 0.2) is 41.3 Å². The number of nitrogens with one attached hydrogen (secondary N) is 1. The molecule has 154 valence electrons. The Balaban J connectivity index is 1.77. The lowest BCUT2D eigenvalue weighted by molar-refractivity contribution is 0.0522. The van der Waals surface area contributed by atoms with E-state index in [2.05, 4.69) is 30.2 Å². The van der Waals surface area contributed by atoms with Crippen molar-refractivity contribution >= 4 is 28.9 Å². The summed E-state index contributed by atoms with van der Waals surface area (Å²) in [7, 11) is 0. The fourth-order valence-electron chi connectivity index (χ4n) is 3.05. The van der Waals surface area contributed by atoms with Gasteiger partial charge < -0.3 is 10.1 Å². The lowest BCUT2D eigenvalue weighted by atomic mass is 10.2. The highest BCUT2D eigenvalue weighted by atomic mass is 19.1. The summed E-state index contributed by atoms with van der Waals surface area (Å²) in [6.45, 7) is 6.35. The van der Waals surface area contributed by atoms with Crippen molar-refractivity contribution in [1.29, 1.82) is 0 Å². The molecule has 30 heavy (non-hydrogen) atoms. The predicted octanol–water partition coefficient (Wildman–Crippen LogP) is 2.92. The number of carbonyl (C=O) groups is 1. The van der Waals surface area contributed by atoms with Crippen LogP contribution in [0.5, 0.6) is 0 Å². The average Bonchev–Trinajstić information content (AvgIpc) is 3.34. The Morgan fingerprint density at radius 1 is 1.33 bits per heavy atom. The number of nitrogens with zero attached hydrogens (tertiary/aromatic N) is 6. The molecule has 9 nitrogen and oxygen atoms in total. The molecule has 0 aromatic carbocycles. The minimum atomic E-state index is -0.592. The van der Waals surface area contributed by atoms with Gasteiger partial charge in [0.05, 0.1) is 31.1 Å². The molecule has 1 N–H and O–H groups in total. The Morgan fingerprint density at radius 2 is 2.17 bits per heavy atom. The standard InChI is InChI=1S/C20H20FN7O2/c1-4-30-19(29)17-16-18(28(10-24-16)15-7-11(2)8-23-15)27-20(26-17)25-12(3)14-6-5-13(21)9-22-14/h5-7,9-10,12H,4,8H2,1-3H3,(H,25,26,27). The first-order valence-corrected chi connectivity index (χ1v) is 9.48. The number of ether oxygens (including phenoxy) is 1. The van der Waals surface area contributed by atoms with Crippen LogP contribution in [0.1, 0.15) is 43.0 Å². The fourth-order valence-corrected chi connectivity index (χ4v) is 3.05. The zero-order chi connectivity index (χ0) is 21.3. The van der Waals surface area contributed by atoms with E-state index in [0.717, 1.165) is 11.8 Å². The summed E-state index contributed by atoms with van der Waals surface area (Å²) in [5, 5.41) is 3.11. The monoisotopic (exact) mass is 409 g/mol. The Labute approximate surface area is 171 Å². The second-order valence-corrected chi connectivity index (χ2v) is 6.84. The zero-order valence-corrected chi connectivity index (χ0v) is 16.8. The van der Waals surface area contributed by atoms with Gasteiger partial charge >= 0.3 is 5.97 Å². The molecule has 4 rings (SSSR count). The summed E-state index contributed by atoms with van der Waals surface area (Å²) >= 11 is 0. The van der Waals surface area contributed by atoms with Crippen molar-refractivity contribution in [1.82, 2.24) is 24.5 Å². The van der Waals surface area contributed by atoms with E-state index in [4.69, 9.17) is 4.74 Å². The highest BCUT2D eigenvalue weighted by Gasteiger charge is 2.22. The van der Waals surface area contributed by atoms with Gasteiger partial charge in [0.15, 0.2) is 11.3 Å². The number of hydrogen-bond donors (Lipinski definition) is 1. The van der Waals surface area contributed by atoms with Crippen molar-refractivity contribution in [3.05, 3.63) is 53.5 Å². The minimum Gasteiger partial charge on any atom is -0.461 e. The van der Waals surface area contributed by atoms with Crippen molar-refractivity contribution in [2.75, 3.05) is 18.5 Å². The smallest absolute Gasteiger partial charge is 0.359 e. The average molecular weight is 409 g/mol. The van der Waals surface area contributed by atoms with Crippen molar-refractivity contribution in [2.24, 2.45) is 4.99 Å². The van der Waals surface area contributed by atoms with Gasteiger partial charge in [-0.05, 0) is 44.6 Å². The second-order valence-electron chi connectivity index (χ2n) is 6.84. The van der Waals surface area contributed by atoms with Crippen LogP contribution in [0.3, 0.4) is 0 Å². The predicted molar refractivity (Wildman–Crippen MR) is 109 cm³/mol. The summed E-state index contributed by atoms with van der Waals surface area (Å²) < 4.78 is 20.0. The SMILES string of the molecule is CCOC(=O)c1nc(NC(C)c2ccc(F)cn2)nc2c1ncn2C1=NCC(C)=C1. The number of aliphatic imine (C=N–C) groups is 1. The van der Waals surface area contributed by atoms with Crippen LogP contribution < -0.4 is 5.32 Å². The summed E-state index contributed by atoms with van der Waals surface area (Å²) in [5.41, 5.74) is 2.53. The van der Waals surface area contributed by atoms with E-state index < -0.39 is 11.8 Å². The molecule has 3 aromatic rings. The molecule has 10 heteroatoms. The summed E-state index contributed by atoms with van der Waals surface area (Å²) in [6.07, 6.45) is 4.64. The lowest BCUT2D eigenvalue weighted by Crippen LogP contribution is -2.16. The van der Waals surface area contributed by atoms with Crippen LogP contribution in [0.2, 0.25) is 0 Å². The molecular formula is C20H20FN7O2. The highest BCUT2D eigenvalue weighted by molar-refractivity contribution is 6.05. The van der Waals surface area contributed by atoms with E-state index in [-0.39, 0.29) is 24.3 Å². The molecule has 1 atom stereocenters. The number of aromatic nitrogens is 5. The highest BCUT2D eigenvalue weighted by Crippen LogP contribution is 2.22. The van der Waals surface area contributed by atoms with Gasteiger partial charge in [0.2, 0.25) is 5.95 Å². The lowest BCUT2D eigenvalue weighted by Gasteiger charge is -2.14. The molecule has 3 aromatic heterocycles. The van der Waals surface area contributed by atoms with Gasteiger partial charge in [0, 0.05) is 0 Å². The van der Waals surface area contributed by atoms with Crippen LogP contribution >= 0.6 is 0 Å². The van der Waals surface area contributed by atoms with Crippen molar-refractivity contribution < 1.29 is 13.9 Å². The quantitative estimate of drug-likeness (QED) is 0.646. The summed E-state index contributed by atoms with van der Waals surface area (Å²) in [5.74, 6) is -0.128. The van der Waals surface area contributed by atoms with E-state index >= 15 is 0 Å². The van der Waals surface area contributed by atoms with Gasteiger partial charge in [-0.3, -0.25) is 14.5 Å². The Hall–Kier alpha value is -3.69. The molecule has 0 aliphatic carbocycles. The Bertz CT molecular complexity index is 1170. The fraction of sp³-hybridized carbons (Fsp3) is 0.300. The maximum atomic E-state index is 13.2. The zero-order valence-electron chi connectivity index (χ0n) is 16.8. The molecule has 1 aliphatic heterocycles. The molecule has 1 unspecified atom stereocenters. The number of carbonyl (C=O) groups excluding carboxylic acids is 1. The first kappa shape index (κ1) is 19.6. The van der Waals surface area contributed by atoms with Crippen LogP contribution in [-0.2, 0) is 4.74 Å². The minimum absolute atomic E-state index is 0.0571. The molecule has 1 aliphatic rings. The molecular weight excluding hydrogens is 389 g/mol. The molecule has 0 radical (unpaired) electrons. The Morgan fingerprint density at radius 3 is 2.83 bits per heavy atom. The summed E-state index contributed by atoms with van der Waals surface area (Å²) in [4.78, 5) is 34.2. The van der Waals surface area contributed by atoms with Gasteiger partial charge in [0.1, 0.15) is 23.5 Å². The van der Waals surface area contributed by atoms with E-state index in [1.54, 1.807) is 23.9 Å². The summed E-state index contributed by atoms with van der Waals surface area (Å²) in [6, 6.07) is 2.57. The van der Waals surface area contributed by atoms with Gasteiger partial charge in [-0.2, -0.15) is 4.98 Å². The van der Waals surface area contributed by atoms with E-state index in [9.17, 15) is 9.18 Å². The molecule has 0 spiro atoms. The number of pyridine rings is 1. The van der Waals surface area contributed by atoms with Gasteiger partial charge in [0.25, 0.3) is 0 Å². The maximum Gasteiger partial charge on any atom is 0.359 e. The maximum absolute atomic E-state index is 13.2. The van der Waals surface area contributed by atoms with Crippen molar-refractivity contribution in [3.63, 3.8) is 0 Å². The molecule has 4 heterocycles. The molecule has 0 saturated carbocycles. The van der Waals surface area contributed by atoms with E-state index in [0.29, 0.717) is 29.2 Å². The third-order valence-electron chi connectivity index (χ3n) is 4.52. The first-order chi connectivity index (χ1) is 14.5. The third kappa shape index (κ3) is 3.76. The molecule has 0 amide bonds. The number of fused-ring (bicyclic) bond motifs is 1. The number of halogens is 1. The largest absolute Gasteiger partial charge is 0.461 e. The number of imidazole rings is 1. The number of hydrogen-bond acceptors (Lipinski definition) is 8. The molecule has 0 fully saturated rings. The van der Waals surface area contributed by atoms with Crippen LogP contribution in [0.25, 0.3) is 11.2 Å². The normalized spacial score (nSPS) is 14.4. The number of esters is 1. The Kier molecular flexibility index (Phi) is 5.21. The van der Waals surface area contributed by atoms with Gasteiger partial charge in [-0.1, -0.05) is 0 Å². The van der Waals surface area contributed by atoms with Crippen LogP contribution in [-0.4, -0.2) is 49.5 Å². The number of allylic oxidation sites excluding steroid dienone is 1. The van der Waals surface area contributed by atoms with Crippen molar-refractivity contribution in [2.45, 2.75) is 26.8 Å². The van der Waals surface area contributed by atoms with E-state index in [1.807, 2.05) is 19.9 Å². The third-order valence-corrected chi connectivity index (χ3v) is 4.52.